The Bertz CT molecular complexity index is 391. The van der Waals surface area contributed by atoms with E-state index in [1.165, 1.54) is 5.56 Å². The molecule has 17 heavy (non-hydrogen) atoms. The first kappa shape index (κ1) is 12.0. The highest BCUT2D eigenvalue weighted by atomic mass is 16.6. The highest BCUT2D eigenvalue weighted by molar-refractivity contribution is 5.84. The van der Waals surface area contributed by atoms with E-state index in [1.807, 2.05) is 38.1 Å². The molecule has 0 aliphatic heterocycles. The Morgan fingerprint density at radius 2 is 1.82 bits per heavy atom. The van der Waals surface area contributed by atoms with Crippen molar-refractivity contribution in [2.75, 3.05) is 5.32 Å². The maximum Gasteiger partial charge on any atom is 0.412 e. The molecule has 1 aromatic carbocycles. The van der Waals surface area contributed by atoms with E-state index in [9.17, 15) is 4.79 Å². The lowest BCUT2D eigenvalue weighted by Crippen LogP contribution is -2.30. The molecule has 1 amide bonds. The fourth-order valence-electron chi connectivity index (χ4n) is 2.23. The molecular formula is C14H19NO2. The Labute approximate surface area is 102 Å². The lowest BCUT2D eigenvalue weighted by Gasteiger charge is -2.24. The standard InChI is InChI=1S/C14H19NO2/c1-11-5-7-12(8-6-11)15-13(16)17-14(2)9-3-4-10-14/h5-8H,3-4,9-10H2,1-2H3,(H,15,16). The first-order chi connectivity index (χ1) is 8.07. The van der Waals surface area contributed by atoms with Crippen molar-refractivity contribution in [2.24, 2.45) is 0 Å². The maximum atomic E-state index is 11.7. The highest BCUT2D eigenvalue weighted by Crippen LogP contribution is 2.32. The minimum atomic E-state index is -0.349. The van der Waals surface area contributed by atoms with Gasteiger partial charge in [0.15, 0.2) is 0 Å². The number of carbonyl (C=O) groups excluding carboxylic acids is 1. The molecule has 1 aromatic rings. The van der Waals surface area contributed by atoms with Gasteiger partial charge in [-0.3, -0.25) is 5.32 Å². The normalized spacial score (nSPS) is 17.8. The van der Waals surface area contributed by atoms with Crippen LogP contribution in [-0.4, -0.2) is 11.7 Å². The monoisotopic (exact) mass is 233 g/mol. The molecule has 2 rings (SSSR count). The molecule has 1 N–H and O–H groups in total. The molecule has 0 heterocycles. The number of carbonyl (C=O) groups is 1. The summed E-state index contributed by atoms with van der Waals surface area (Å²) in [4.78, 5) is 11.7. The zero-order valence-electron chi connectivity index (χ0n) is 10.5. The van der Waals surface area contributed by atoms with Crippen molar-refractivity contribution < 1.29 is 9.53 Å². The Balaban J connectivity index is 1.91. The van der Waals surface area contributed by atoms with Gasteiger partial charge in [0.25, 0.3) is 0 Å². The van der Waals surface area contributed by atoms with Crippen LogP contribution in [0.2, 0.25) is 0 Å². The predicted molar refractivity (Wildman–Crippen MR) is 68.2 cm³/mol. The van der Waals surface area contributed by atoms with Crippen LogP contribution in [0.3, 0.4) is 0 Å². The molecule has 1 aliphatic rings. The second-order valence-corrected chi connectivity index (χ2v) is 5.04. The number of benzene rings is 1. The average Bonchev–Trinajstić information content (AvgIpc) is 2.68. The summed E-state index contributed by atoms with van der Waals surface area (Å²) in [7, 11) is 0. The molecule has 0 bridgehead atoms. The zero-order chi connectivity index (χ0) is 12.3. The second kappa shape index (κ2) is 4.78. The van der Waals surface area contributed by atoms with Crippen LogP contribution in [0, 0.1) is 6.92 Å². The first-order valence-electron chi connectivity index (χ1n) is 6.14. The van der Waals surface area contributed by atoms with Crippen LogP contribution in [-0.2, 0) is 4.74 Å². The zero-order valence-corrected chi connectivity index (χ0v) is 10.5. The lowest BCUT2D eigenvalue weighted by atomic mass is 10.1. The maximum absolute atomic E-state index is 11.7. The molecule has 1 fully saturated rings. The topological polar surface area (TPSA) is 38.3 Å². The molecule has 0 unspecified atom stereocenters. The summed E-state index contributed by atoms with van der Waals surface area (Å²) in [6, 6.07) is 7.70. The van der Waals surface area contributed by atoms with Crippen molar-refractivity contribution in [3.05, 3.63) is 29.8 Å². The van der Waals surface area contributed by atoms with E-state index in [4.69, 9.17) is 4.74 Å². The molecule has 0 spiro atoms. The van der Waals surface area contributed by atoms with Gasteiger partial charge < -0.3 is 4.74 Å². The third kappa shape index (κ3) is 3.22. The van der Waals surface area contributed by atoms with E-state index in [-0.39, 0.29) is 11.7 Å². The number of amides is 1. The molecule has 1 aliphatic carbocycles. The van der Waals surface area contributed by atoms with Crippen molar-refractivity contribution in [3.63, 3.8) is 0 Å². The van der Waals surface area contributed by atoms with Gasteiger partial charge in [0.05, 0.1) is 0 Å². The molecule has 3 nitrogen and oxygen atoms in total. The lowest BCUT2D eigenvalue weighted by molar-refractivity contribution is 0.0400. The number of ether oxygens (including phenoxy) is 1. The van der Waals surface area contributed by atoms with Crippen molar-refractivity contribution in [2.45, 2.75) is 45.1 Å². The SMILES string of the molecule is Cc1ccc(NC(=O)OC2(C)CCCC2)cc1. The Hall–Kier alpha value is -1.51. The Morgan fingerprint density at radius 1 is 1.24 bits per heavy atom. The summed E-state index contributed by atoms with van der Waals surface area (Å²) in [5, 5.41) is 2.76. The van der Waals surface area contributed by atoms with E-state index in [2.05, 4.69) is 5.32 Å². The van der Waals surface area contributed by atoms with Crippen LogP contribution in [0.15, 0.2) is 24.3 Å². The van der Waals surface area contributed by atoms with Crippen molar-refractivity contribution in [3.8, 4) is 0 Å². The largest absolute Gasteiger partial charge is 0.443 e. The van der Waals surface area contributed by atoms with Crippen LogP contribution in [0.1, 0.15) is 38.2 Å². The summed E-state index contributed by atoms with van der Waals surface area (Å²) < 4.78 is 5.48. The van der Waals surface area contributed by atoms with Gasteiger partial charge in [-0.15, -0.1) is 0 Å². The summed E-state index contributed by atoms with van der Waals surface area (Å²) in [6.45, 7) is 4.02. The summed E-state index contributed by atoms with van der Waals surface area (Å²) in [5.74, 6) is 0. The van der Waals surface area contributed by atoms with Crippen molar-refractivity contribution in [1.82, 2.24) is 0 Å². The molecule has 0 saturated heterocycles. The molecular weight excluding hydrogens is 214 g/mol. The predicted octanol–water partition coefficient (Wildman–Crippen LogP) is 3.88. The van der Waals surface area contributed by atoms with Gasteiger partial charge in [-0.25, -0.2) is 4.79 Å². The molecule has 92 valence electrons. The number of rotatable bonds is 2. The number of hydrogen-bond donors (Lipinski definition) is 1. The minimum Gasteiger partial charge on any atom is -0.443 e. The third-order valence-electron chi connectivity index (χ3n) is 3.30. The van der Waals surface area contributed by atoms with E-state index in [0.717, 1.165) is 31.4 Å². The van der Waals surface area contributed by atoms with Crippen LogP contribution < -0.4 is 5.32 Å². The van der Waals surface area contributed by atoms with E-state index in [0.29, 0.717) is 0 Å². The first-order valence-corrected chi connectivity index (χ1v) is 6.14. The fourth-order valence-corrected chi connectivity index (χ4v) is 2.23. The van der Waals surface area contributed by atoms with E-state index < -0.39 is 0 Å². The highest BCUT2D eigenvalue weighted by Gasteiger charge is 2.32. The number of hydrogen-bond acceptors (Lipinski definition) is 2. The third-order valence-corrected chi connectivity index (χ3v) is 3.30. The van der Waals surface area contributed by atoms with Crippen molar-refractivity contribution in [1.29, 1.82) is 0 Å². The van der Waals surface area contributed by atoms with Crippen LogP contribution >= 0.6 is 0 Å². The molecule has 1 saturated carbocycles. The number of nitrogens with one attached hydrogen (secondary N) is 1. The Morgan fingerprint density at radius 3 is 2.41 bits per heavy atom. The van der Waals surface area contributed by atoms with Crippen LogP contribution in [0.4, 0.5) is 10.5 Å². The van der Waals surface area contributed by atoms with Crippen molar-refractivity contribution >= 4 is 11.8 Å². The van der Waals surface area contributed by atoms with Gasteiger partial charge in [-0.2, -0.15) is 0 Å². The van der Waals surface area contributed by atoms with E-state index >= 15 is 0 Å². The van der Waals surface area contributed by atoms with Gasteiger partial charge in [0.2, 0.25) is 0 Å². The van der Waals surface area contributed by atoms with Gasteiger partial charge in [-0.1, -0.05) is 17.7 Å². The van der Waals surface area contributed by atoms with E-state index in [1.54, 1.807) is 0 Å². The van der Waals surface area contributed by atoms with Gasteiger partial charge in [-0.05, 0) is 51.7 Å². The quantitative estimate of drug-likeness (QED) is 0.841. The fraction of sp³-hybridized carbons (Fsp3) is 0.500. The average molecular weight is 233 g/mol. The van der Waals surface area contributed by atoms with Gasteiger partial charge >= 0.3 is 6.09 Å². The second-order valence-electron chi connectivity index (χ2n) is 5.04. The molecule has 0 radical (unpaired) electrons. The summed E-state index contributed by atoms with van der Waals surface area (Å²) in [6.07, 6.45) is 3.88. The Kier molecular flexibility index (Phi) is 3.36. The molecule has 0 atom stereocenters. The number of anilines is 1. The van der Waals surface area contributed by atoms with Gasteiger partial charge in [0, 0.05) is 5.69 Å². The smallest absolute Gasteiger partial charge is 0.412 e. The summed E-state index contributed by atoms with van der Waals surface area (Å²) in [5.41, 5.74) is 1.68. The minimum absolute atomic E-state index is 0.269. The molecule has 3 heteroatoms. The van der Waals surface area contributed by atoms with Crippen LogP contribution in [0.5, 0.6) is 0 Å². The summed E-state index contributed by atoms with van der Waals surface area (Å²) >= 11 is 0. The number of aryl methyl sites for hydroxylation is 1. The molecule has 0 aromatic heterocycles. The van der Waals surface area contributed by atoms with Gasteiger partial charge in [0.1, 0.15) is 5.60 Å². The van der Waals surface area contributed by atoms with Crippen LogP contribution in [0.25, 0.3) is 0 Å².